The summed E-state index contributed by atoms with van der Waals surface area (Å²) in [6.45, 7) is 3.64. The maximum Gasteiger partial charge on any atom is 0.177 e. The average Bonchev–Trinajstić information content (AvgIpc) is 2.68. The molecule has 2 aromatic rings. The third kappa shape index (κ3) is 2.33. The van der Waals surface area contributed by atoms with Crippen molar-refractivity contribution in [1.82, 2.24) is 5.16 Å². The number of aromatic nitrogens is 1. The van der Waals surface area contributed by atoms with E-state index in [1.54, 1.807) is 13.8 Å². The van der Waals surface area contributed by atoms with Gasteiger partial charge in [-0.15, -0.1) is 0 Å². The topological polar surface area (TPSA) is 72.2 Å². The summed E-state index contributed by atoms with van der Waals surface area (Å²) in [6.07, 6.45) is 1.23. The van der Waals surface area contributed by atoms with E-state index in [2.05, 4.69) is 10.5 Å². The minimum atomic E-state index is -3.13. The third-order valence-electron chi connectivity index (χ3n) is 3.06. The van der Waals surface area contributed by atoms with Crippen LogP contribution in [0.3, 0.4) is 0 Å². The summed E-state index contributed by atoms with van der Waals surface area (Å²) in [6, 6.07) is 7.43. The summed E-state index contributed by atoms with van der Waals surface area (Å²) in [5.41, 5.74) is 0.678. The molecule has 0 saturated heterocycles. The zero-order valence-electron chi connectivity index (χ0n) is 10.6. The molecule has 0 saturated carbocycles. The van der Waals surface area contributed by atoms with E-state index >= 15 is 0 Å². The predicted octanol–water partition coefficient (Wildman–Crippen LogP) is 2.06. The van der Waals surface area contributed by atoms with Crippen molar-refractivity contribution in [1.29, 1.82) is 0 Å². The number of nitrogens with zero attached hydrogens (tertiary/aromatic N) is 1. The summed E-state index contributed by atoms with van der Waals surface area (Å²) in [4.78, 5) is 0. The van der Waals surface area contributed by atoms with Gasteiger partial charge in [-0.3, -0.25) is 0 Å². The first-order valence-electron chi connectivity index (χ1n) is 5.59. The van der Waals surface area contributed by atoms with Crippen LogP contribution in [0.25, 0.3) is 11.0 Å². The number of rotatable bonds is 4. The summed E-state index contributed by atoms with van der Waals surface area (Å²) in [5.74, 6) is 0.572. The largest absolute Gasteiger partial charge is 0.365 e. The van der Waals surface area contributed by atoms with Gasteiger partial charge in [0.25, 0.3) is 0 Å². The number of nitrogens with one attached hydrogen (secondary N) is 1. The first-order chi connectivity index (χ1) is 8.31. The van der Waals surface area contributed by atoms with Crippen molar-refractivity contribution in [2.24, 2.45) is 0 Å². The molecule has 0 aliphatic carbocycles. The standard InChI is InChI=1S/C12H16N2O3S/c1-12(2,18(3,15)16)8-13-11-9-6-4-5-7-10(9)17-14-11/h4-7H,8H2,1-3H3,(H,13,14). The summed E-state index contributed by atoms with van der Waals surface area (Å²) in [5, 5.41) is 7.78. The van der Waals surface area contributed by atoms with Crippen LogP contribution in [-0.4, -0.2) is 31.1 Å². The minimum absolute atomic E-state index is 0.280. The highest BCUT2D eigenvalue weighted by molar-refractivity contribution is 7.92. The Morgan fingerprint density at radius 3 is 2.67 bits per heavy atom. The van der Waals surface area contributed by atoms with Gasteiger partial charge in [-0.1, -0.05) is 17.3 Å². The molecule has 0 amide bonds. The number of hydrogen-bond donors (Lipinski definition) is 1. The Morgan fingerprint density at radius 2 is 2.00 bits per heavy atom. The molecule has 2 rings (SSSR count). The van der Waals surface area contributed by atoms with E-state index in [0.717, 1.165) is 5.39 Å². The highest BCUT2D eigenvalue weighted by atomic mass is 32.2. The molecule has 0 aliphatic rings. The van der Waals surface area contributed by atoms with Gasteiger partial charge in [0.15, 0.2) is 21.2 Å². The number of sulfone groups is 1. The third-order valence-corrected chi connectivity index (χ3v) is 5.21. The predicted molar refractivity (Wildman–Crippen MR) is 71.4 cm³/mol. The van der Waals surface area contributed by atoms with Crippen molar-refractivity contribution in [2.75, 3.05) is 18.1 Å². The van der Waals surface area contributed by atoms with E-state index in [1.807, 2.05) is 24.3 Å². The van der Waals surface area contributed by atoms with Crippen molar-refractivity contribution in [2.45, 2.75) is 18.6 Å². The highest BCUT2D eigenvalue weighted by Gasteiger charge is 2.30. The molecule has 0 radical (unpaired) electrons. The molecular formula is C12H16N2O3S. The molecule has 0 bridgehead atoms. The molecule has 0 fully saturated rings. The first-order valence-corrected chi connectivity index (χ1v) is 7.48. The van der Waals surface area contributed by atoms with Crippen molar-refractivity contribution in [3.05, 3.63) is 24.3 Å². The zero-order valence-corrected chi connectivity index (χ0v) is 11.4. The lowest BCUT2D eigenvalue weighted by atomic mass is 10.2. The molecule has 0 spiro atoms. The van der Waals surface area contributed by atoms with Gasteiger partial charge in [0.2, 0.25) is 0 Å². The molecule has 18 heavy (non-hydrogen) atoms. The second kappa shape index (κ2) is 4.28. The van der Waals surface area contributed by atoms with Crippen molar-refractivity contribution in [3.63, 3.8) is 0 Å². The van der Waals surface area contributed by atoms with Gasteiger partial charge in [0.05, 0.1) is 10.1 Å². The van der Waals surface area contributed by atoms with Crippen LogP contribution in [0.15, 0.2) is 28.8 Å². The van der Waals surface area contributed by atoms with Crippen LogP contribution in [0.2, 0.25) is 0 Å². The molecular weight excluding hydrogens is 252 g/mol. The number of para-hydroxylation sites is 1. The second-order valence-electron chi connectivity index (χ2n) is 4.91. The van der Waals surface area contributed by atoms with Crippen LogP contribution in [0.1, 0.15) is 13.8 Å². The van der Waals surface area contributed by atoms with Gasteiger partial charge in [0, 0.05) is 12.8 Å². The maximum atomic E-state index is 11.6. The molecule has 0 atom stereocenters. The zero-order chi connectivity index (χ0) is 13.4. The van der Waals surface area contributed by atoms with Crippen molar-refractivity contribution < 1.29 is 12.9 Å². The number of anilines is 1. The average molecular weight is 268 g/mol. The number of benzene rings is 1. The minimum Gasteiger partial charge on any atom is -0.365 e. The van der Waals surface area contributed by atoms with E-state index in [1.165, 1.54) is 6.26 Å². The maximum absolute atomic E-state index is 11.6. The van der Waals surface area contributed by atoms with Crippen molar-refractivity contribution in [3.8, 4) is 0 Å². The monoisotopic (exact) mass is 268 g/mol. The Balaban J connectivity index is 2.21. The van der Waals surface area contributed by atoms with Gasteiger partial charge < -0.3 is 9.84 Å². The SMILES string of the molecule is CC(C)(CNc1noc2ccccc12)S(C)(=O)=O. The van der Waals surface area contributed by atoms with Gasteiger partial charge in [-0.05, 0) is 26.0 Å². The van der Waals surface area contributed by atoms with Crippen molar-refractivity contribution >= 4 is 26.6 Å². The first kappa shape index (κ1) is 12.9. The smallest absolute Gasteiger partial charge is 0.177 e. The van der Waals surface area contributed by atoms with Crippen LogP contribution in [-0.2, 0) is 9.84 Å². The van der Waals surface area contributed by atoms with Gasteiger partial charge in [-0.25, -0.2) is 8.42 Å². The number of hydrogen-bond acceptors (Lipinski definition) is 5. The molecule has 0 unspecified atom stereocenters. The van der Waals surface area contributed by atoms with Crippen LogP contribution in [0, 0.1) is 0 Å². The molecule has 5 nitrogen and oxygen atoms in total. The Bertz CT molecular complexity index is 659. The lowest BCUT2D eigenvalue weighted by Gasteiger charge is -2.22. The van der Waals surface area contributed by atoms with Crippen LogP contribution >= 0.6 is 0 Å². The fraction of sp³-hybridized carbons (Fsp3) is 0.417. The molecule has 1 heterocycles. The summed E-state index contributed by atoms with van der Waals surface area (Å²) < 4.78 is 27.5. The summed E-state index contributed by atoms with van der Waals surface area (Å²) >= 11 is 0. The molecule has 0 aliphatic heterocycles. The lowest BCUT2D eigenvalue weighted by Crippen LogP contribution is -2.38. The van der Waals surface area contributed by atoms with E-state index in [0.29, 0.717) is 11.4 Å². The fourth-order valence-electron chi connectivity index (χ4n) is 1.44. The lowest BCUT2D eigenvalue weighted by molar-refractivity contribution is 0.458. The molecule has 6 heteroatoms. The summed E-state index contributed by atoms with van der Waals surface area (Å²) in [7, 11) is -3.13. The number of fused-ring (bicyclic) bond motifs is 1. The van der Waals surface area contributed by atoms with E-state index < -0.39 is 14.6 Å². The van der Waals surface area contributed by atoms with Gasteiger partial charge in [0.1, 0.15) is 0 Å². The van der Waals surface area contributed by atoms with E-state index in [4.69, 9.17) is 4.52 Å². The Labute approximate surface area is 106 Å². The highest BCUT2D eigenvalue weighted by Crippen LogP contribution is 2.23. The van der Waals surface area contributed by atoms with Gasteiger partial charge >= 0.3 is 0 Å². The molecule has 1 N–H and O–H groups in total. The van der Waals surface area contributed by atoms with Crippen LogP contribution < -0.4 is 5.32 Å². The Morgan fingerprint density at radius 1 is 1.33 bits per heavy atom. The fourth-order valence-corrected chi connectivity index (χ4v) is 1.78. The Kier molecular flexibility index (Phi) is 3.06. The normalized spacial score (nSPS) is 12.8. The Hall–Kier alpha value is -1.56. The second-order valence-corrected chi connectivity index (χ2v) is 7.56. The quantitative estimate of drug-likeness (QED) is 0.919. The molecule has 1 aromatic heterocycles. The van der Waals surface area contributed by atoms with E-state index in [9.17, 15) is 8.42 Å². The van der Waals surface area contributed by atoms with E-state index in [-0.39, 0.29) is 6.54 Å². The van der Waals surface area contributed by atoms with Crippen LogP contribution in [0.4, 0.5) is 5.82 Å². The van der Waals surface area contributed by atoms with Gasteiger partial charge in [-0.2, -0.15) is 0 Å². The molecule has 1 aromatic carbocycles. The van der Waals surface area contributed by atoms with Crippen LogP contribution in [0.5, 0.6) is 0 Å². The molecule has 98 valence electrons.